The summed E-state index contributed by atoms with van der Waals surface area (Å²) in [5.74, 6) is 2.13. The Balaban J connectivity index is 1.45. The average molecular weight is 616 g/mol. The Hall–Kier alpha value is -3.17. The fraction of sp³-hybridized carbons (Fsp3) is 0.207. The largest absolute Gasteiger partial charge is 0.493 e. The smallest absolute Gasteiger partial charge is 0.227 e. The standard InChI is InChI=1S/C29H25Cl3N4O3S/c1-16-26(17(2)37)27(36-28(33-16)34-29(35-36)40-15-20-6-4-5-7-22(20)31)18-9-11-24(25(12-18)38-3)39-14-19-8-10-21(30)13-23(19)32/h4-13,27H,14-15H2,1-3H3,(H,33,34,35). The monoisotopic (exact) mass is 614 g/mol. The molecular formula is C29H25Cl3N4O3S. The van der Waals surface area contributed by atoms with Crippen molar-refractivity contribution in [2.45, 2.75) is 37.4 Å². The lowest BCUT2D eigenvalue weighted by atomic mass is 9.93. The van der Waals surface area contributed by atoms with Crippen LogP contribution < -0.4 is 14.8 Å². The highest BCUT2D eigenvalue weighted by Crippen LogP contribution is 2.40. The Labute approximate surface area is 251 Å². The van der Waals surface area contributed by atoms with E-state index in [2.05, 4.69) is 5.32 Å². The van der Waals surface area contributed by atoms with Gasteiger partial charge in [0.2, 0.25) is 11.1 Å². The van der Waals surface area contributed by atoms with Crippen LogP contribution in [0.2, 0.25) is 15.1 Å². The molecule has 0 radical (unpaired) electrons. The molecule has 3 aromatic carbocycles. The highest BCUT2D eigenvalue weighted by atomic mass is 35.5. The van der Waals surface area contributed by atoms with Gasteiger partial charge in [-0.2, -0.15) is 4.98 Å². The number of hydrogen-bond donors (Lipinski definition) is 1. The molecule has 0 saturated carbocycles. The van der Waals surface area contributed by atoms with Crippen molar-refractivity contribution in [1.82, 2.24) is 14.8 Å². The third-order valence-electron chi connectivity index (χ3n) is 6.43. The lowest BCUT2D eigenvalue weighted by Crippen LogP contribution is -2.27. The van der Waals surface area contributed by atoms with Crippen LogP contribution in [-0.2, 0) is 17.2 Å². The topological polar surface area (TPSA) is 78.3 Å². The first kappa shape index (κ1) is 28.4. The predicted molar refractivity (Wildman–Crippen MR) is 160 cm³/mol. The number of carbonyl (C=O) groups excluding carboxylic acids is 1. The number of nitrogens with one attached hydrogen (secondary N) is 1. The summed E-state index contributed by atoms with van der Waals surface area (Å²) in [5, 5.41) is 10.3. The van der Waals surface area contributed by atoms with Crippen molar-refractivity contribution in [1.29, 1.82) is 0 Å². The van der Waals surface area contributed by atoms with E-state index in [0.717, 1.165) is 22.4 Å². The van der Waals surface area contributed by atoms with Gasteiger partial charge in [-0.25, -0.2) is 4.68 Å². The zero-order valence-corrected chi connectivity index (χ0v) is 25.0. The number of anilines is 1. The van der Waals surface area contributed by atoms with Crippen LogP contribution in [0.5, 0.6) is 11.5 Å². The summed E-state index contributed by atoms with van der Waals surface area (Å²) in [6, 6.07) is 18.0. The molecule has 1 aliphatic heterocycles. The number of rotatable bonds is 9. The summed E-state index contributed by atoms with van der Waals surface area (Å²) in [6.07, 6.45) is 0. The second-order valence-electron chi connectivity index (χ2n) is 9.10. The van der Waals surface area contributed by atoms with E-state index in [-0.39, 0.29) is 12.4 Å². The van der Waals surface area contributed by atoms with Gasteiger partial charge < -0.3 is 14.8 Å². The first-order valence-electron chi connectivity index (χ1n) is 12.3. The van der Waals surface area contributed by atoms with Crippen LogP contribution in [0.25, 0.3) is 0 Å². The molecule has 0 fully saturated rings. The number of methoxy groups -OCH3 is 1. The lowest BCUT2D eigenvalue weighted by molar-refractivity contribution is -0.114. The van der Waals surface area contributed by atoms with Gasteiger partial charge in [0.25, 0.3) is 0 Å². The quantitative estimate of drug-likeness (QED) is 0.191. The summed E-state index contributed by atoms with van der Waals surface area (Å²) in [6.45, 7) is 3.64. The number of thioether (sulfide) groups is 1. The van der Waals surface area contributed by atoms with Crippen LogP contribution in [0.1, 0.15) is 36.6 Å². The molecule has 0 bridgehead atoms. The number of hydrogen-bond acceptors (Lipinski definition) is 7. The van der Waals surface area contributed by atoms with Gasteiger partial charge in [0.1, 0.15) is 12.6 Å². The van der Waals surface area contributed by atoms with Gasteiger partial charge in [0.15, 0.2) is 17.3 Å². The van der Waals surface area contributed by atoms with Crippen molar-refractivity contribution < 1.29 is 14.3 Å². The SMILES string of the molecule is COc1cc(C2C(C(C)=O)=C(C)Nc3nc(SCc4ccccc4Cl)nn32)ccc1OCc1ccc(Cl)cc1Cl. The number of carbonyl (C=O) groups is 1. The van der Waals surface area contributed by atoms with E-state index in [4.69, 9.17) is 54.4 Å². The molecule has 1 N–H and O–H groups in total. The van der Waals surface area contributed by atoms with Crippen molar-refractivity contribution >= 4 is 58.3 Å². The van der Waals surface area contributed by atoms with Crippen molar-refractivity contribution in [3.8, 4) is 11.5 Å². The Morgan fingerprint density at radius 1 is 1.02 bits per heavy atom. The first-order valence-corrected chi connectivity index (χ1v) is 14.4. The zero-order chi connectivity index (χ0) is 28.4. The summed E-state index contributed by atoms with van der Waals surface area (Å²) in [7, 11) is 1.57. The molecular weight excluding hydrogens is 591 g/mol. The molecule has 1 atom stereocenters. The number of halogens is 3. The number of aromatic nitrogens is 3. The molecule has 11 heteroatoms. The number of fused-ring (bicyclic) bond motifs is 1. The Kier molecular flexibility index (Phi) is 8.61. The minimum absolute atomic E-state index is 0.0712. The Morgan fingerprint density at radius 3 is 2.55 bits per heavy atom. The van der Waals surface area contributed by atoms with Gasteiger partial charge in [-0.05, 0) is 55.3 Å². The van der Waals surface area contributed by atoms with Crippen LogP contribution in [0.4, 0.5) is 5.95 Å². The van der Waals surface area contributed by atoms with Gasteiger partial charge in [0.05, 0.1) is 7.11 Å². The molecule has 206 valence electrons. The molecule has 5 rings (SSSR count). The van der Waals surface area contributed by atoms with Crippen LogP contribution in [0.15, 0.2) is 77.1 Å². The minimum Gasteiger partial charge on any atom is -0.493 e. The molecule has 1 unspecified atom stereocenters. The molecule has 0 saturated heterocycles. The summed E-state index contributed by atoms with van der Waals surface area (Å²) < 4.78 is 13.4. The number of ketones is 1. The van der Waals surface area contributed by atoms with Crippen LogP contribution >= 0.6 is 46.6 Å². The van der Waals surface area contributed by atoms with E-state index in [1.807, 2.05) is 55.5 Å². The van der Waals surface area contributed by atoms with Gasteiger partial charge in [-0.15, -0.1) is 5.10 Å². The molecule has 1 aliphatic rings. The van der Waals surface area contributed by atoms with E-state index >= 15 is 0 Å². The van der Waals surface area contributed by atoms with Gasteiger partial charge >= 0.3 is 0 Å². The Morgan fingerprint density at radius 2 is 1.82 bits per heavy atom. The second kappa shape index (κ2) is 12.1. The molecule has 4 aromatic rings. The number of benzene rings is 3. The number of Topliss-reactive ketones (excluding diaryl/α,β-unsaturated/α-hetero) is 1. The van der Waals surface area contributed by atoms with Gasteiger partial charge in [0, 0.05) is 37.7 Å². The van der Waals surface area contributed by atoms with Crippen LogP contribution in [0.3, 0.4) is 0 Å². The zero-order valence-electron chi connectivity index (χ0n) is 21.9. The summed E-state index contributed by atoms with van der Waals surface area (Å²) >= 11 is 20.1. The molecule has 0 aliphatic carbocycles. The van der Waals surface area contributed by atoms with Crippen molar-refractivity contribution in [2.24, 2.45) is 0 Å². The Bertz CT molecular complexity index is 1620. The van der Waals surface area contributed by atoms with E-state index in [9.17, 15) is 4.79 Å². The minimum atomic E-state index is -0.510. The van der Waals surface area contributed by atoms with Crippen molar-refractivity contribution in [3.63, 3.8) is 0 Å². The number of allylic oxidation sites excluding steroid dienone is 2. The van der Waals surface area contributed by atoms with Crippen LogP contribution in [0, 0.1) is 0 Å². The van der Waals surface area contributed by atoms with E-state index in [1.165, 1.54) is 11.8 Å². The first-order chi connectivity index (χ1) is 19.2. The fourth-order valence-corrected chi connectivity index (χ4v) is 6.06. The fourth-order valence-electron chi connectivity index (χ4n) is 4.48. The van der Waals surface area contributed by atoms with Gasteiger partial charge in [-0.3, -0.25) is 4.79 Å². The maximum atomic E-state index is 12.8. The third-order valence-corrected chi connectivity index (χ3v) is 8.27. The maximum absolute atomic E-state index is 12.8. The predicted octanol–water partition coefficient (Wildman–Crippen LogP) is 8.00. The third kappa shape index (κ3) is 5.95. The summed E-state index contributed by atoms with van der Waals surface area (Å²) in [5.41, 5.74) is 3.89. The molecule has 0 spiro atoms. The molecule has 7 nitrogen and oxygen atoms in total. The average Bonchev–Trinajstić information content (AvgIpc) is 3.33. The normalized spacial score (nSPS) is 14.5. The maximum Gasteiger partial charge on any atom is 0.227 e. The van der Waals surface area contributed by atoms with Crippen molar-refractivity contribution in [3.05, 3.63) is 104 Å². The van der Waals surface area contributed by atoms with Gasteiger partial charge in [-0.1, -0.05) is 76.9 Å². The molecule has 40 heavy (non-hydrogen) atoms. The lowest BCUT2D eigenvalue weighted by Gasteiger charge is -2.28. The second-order valence-corrected chi connectivity index (χ2v) is 11.3. The highest BCUT2D eigenvalue weighted by Gasteiger charge is 2.33. The number of ether oxygens (including phenoxy) is 2. The molecule has 2 heterocycles. The number of nitrogens with zero attached hydrogens (tertiary/aromatic N) is 3. The molecule has 0 amide bonds. The van der Waals surface area contributed by atoms with E-state index < -0.39 is 6.04 Å². The highest BCUT2D eigenvalue weighted by molar-refractivity contribution is 7.98. The molecule has 1 aromatic heterocycles. The summed E-state index contributed by atoms with van der Waals surface area (Å²) in [4.78, 5) is 17.5. The van der Waals surface area contributed by atoms with E-state index in [1.54, 1.807) is 30.8 Å². The van der Waals surface area contributed by atoms with Crippen molar-refractivity contribution in [2.75, 3.05) is 12.4 Å². The van der Waals surface area contributed by atoms with Crippen LogP contribution in [-0.4, -0.2) is 27.7 Å². The van der Waals surface area contributed by atoms with E-state index in [0.29, 0.717) is 49.0 Å².